The Morgan fingerprint density at radius 1 is 1.00 bits per heavy atom. The lowest BCUT2D eigenvalue weighted by atomic mass is 9.87. The highest BCUT2D eigenvalue weighted by Gasteiger charge is 2.17. The van der Waals surface area contributed by atoms with Crippen LogP contribution in [0, 0.1) is 0 Å². The Kier molecular flexibility index (Phi) is 5.43. The first kappa shape index (κ1) is 19.3. The number of aromatic nitrogens is 3. The molecule has 0 radical (unpaired) electrons. The molecule has 0 aliphatic carbocycles. The summed E-state index contributed by atoms with van der Waals surface area (Å²) in [5, 5.41) is 4.43. The summed E-state index contributed by atoms with van der Waals surface area (Å²) in [4.78, 5) is 4.53. The first-order chi connectivity index (χ1) is 12.8. The van der Waals surface area contributed by atoms with Crippen molar-refractivity contribution >= 4 is 10.0 Å². The Morgan fingerprint density at radius 3 is 2.37 bits per heavy atom. The lowest BCUT2D eigenvalue weighted by molar-refractivity contribution is 0.560. The van der Waals surface area contributed by atoms with Crippen LogP contribution in [0.3, 0.4) is 0 Å². The molecule has 142 valence electrons. The van der Waals surface area contributed by atoms with Gasteiger partial charge in [0.25, 0.3) is 0 Å². The Morgan fingerprint density at radius 2 is 1.74 bits per heavy atom. The minimum atomic E-state index is -3.54. The molecule has 2 heterocycles. The van der Waals surface area contributed by atoms with Crippen LogP contribution in [0.5, 0.6) is 0 Å². The van der Waals surface area contributed by atoms with Crippen LogP contribution in [0.1, 0.15) is 26.3 Å². The van der Waals surface area contributed by atoms with Gasteiger partial charge in [-0.15, -0.1) is 0 Å². The SMILES string of the molecule is CC(C)(C)c1ccc(S(=O)(=O)NCCn2ccc(-c3ccccn3)n2)cc1. The van der Waals surface area contributed by atoms with Gasteiger partial charge in [0, 0.05) is 18.9 Å². The highest BCUT2D eigenvalue weighted by molar-refractivity contribution is 7.89. The molecule has 1 aromatic carbocycles. The van der Waals surface area contributed by atoms with Crippen molar-refractivity contribution in [1.82, 2.24) is 19.5 Å². The molecule has 0 bridgehead atoms. The van der Waals surface area contributed by atoms with Gasteiger partial charge in [-0.25, -0.2) is 13.1 Å². The molecule has 0 unspecified atom stereocenters. The fourth-order valence-corrected chi connectivity index (χ4v) is 3.67. The predicted octanol–water partition coefficient (Wildman–Crippen LogP) is 3.22. The maximum absolute atomic E-state index is 12.5. The summed E-state index contributed by atoms with van der Waals surface area (Å²) in [5.41, 5.74) is 2.63. The minimum Gasteiger partial charge on any atom is -0.271 e. The number of pyridine rings is 1. The van der Waals surface area contributed by atoms with Crippen molar-refractivity contribution in [3.8, 4) is 11.4 Å². The van der Waals surface area contributed by atoms with E-state index in [4.69, 9.17) is 0 Å². The van der Waals surface area contributed by atoms with Crippen molar-refractivity contribution < 1.29 is 8.42 Å². The van der Waals surface area contributed by atoms with E-state index in [0.717, 1.165) is 17.0 Å². The Labute approximate surface area is 160 Å². The lowest BCUT2D eigenvalue weighted by Gasteiger charge is -2.19. The van der Waals surface area contributed by atoms with Crippen LogP contribution in [0.2, 0.25) is 0 Å². The van der Waals surface area contributed by atoms with Crippen molar-refractivity contribution in [3.63, 3.8) is 0 Å². The van der Waals surface area contributed by atoms with E-state index in [2.05, 4.69) is 35.6 Å². The topological polar surface area (TPSA) is 76.9 Å². The molecular weight excluding hydrogens is 360 g/mol. The van der Waals surface area contributed by atoms with E-state index in [9.17, 15) is 8.42 Å². The molecule has 0 amide bonds. The van der Waals surface area contributed by atoms with Crippen LogP contribution in [-0.2, 0) is 22.0 Å². The minimum absolute atomic E-state index is 0.0128. The van der Waals surface area contributed by atoms with Crippen LogP contribution in [0.25, 0.3) is 11.4 Å². The maximum atomic E-state index is 12.5. The third-order valence-electron chi connectivity index (χ3n) is 4.23. The molecule has 0 saturated carbocycles. The second kappa shape index (κ2) is 7.62. The lowest BCUT2D eigenvalue weighted by Crippen LogP contribution is -2.27. The number of benzene rings is 1. The van der Waals surface area contributed by atoms with Crippen molar-refractivity contribution in [1.29, 1.82) is 0 Å². The standard InChI is InChI=1S/C20H24N4O2S/c1-20(2,3)16-7-9-17(10-8-16)27(25,26)22-13-15-24-14-11-19(23-24)18-6-4-5-12-21-18/h4-12,14,22H,13,15H2,1-3H3. The van der Waals surface area contributed by atoms with Gasteiger partial charge >= 0.3 is 0 Å². The second-order valence-electron chi connectivity index (χ2n) is 7.35. The summed E-state index contributed by atoms with van der Waals surface area (Å²) in [6.07, 6.45) is 3.53. The van der Waals surface area contributed by atoms with E-state index in [1.165, 1.54) is 0 Å². The van der Waals surface area contributed by atoms with E-state index in [1.54, 1.807) is 23.0 Å². The number of nitrogens with one attached hydrogen (secondary N) is 1. The molecule has 0 spiro atoms. The van der Waals surface area contributed by atoms with Crippen LogP contribution in [0.4, 0.5) is 0 Å². The van der Waals surface area contributed by atoms with Gasteiger partial charge in [0.2, 0.25) is 10.0 Å². The van der Waals surface area contributed by atoms with Gasteiger partial charge in [0.1, 0.15) is 5.69 Å². The molecule has 7 heteroatoms. The second-order valence-corrected chi connectivity index (χ2v) is 9.12. The molecule has 2 aromatic heterocycles. The number of sulfonamides is 1. The van der Waals surface area contributed by atoms with Crippen molar-refractivity contribution in [3.05, 3.63) is 66.5 Å². The van der Waals surface area contributed by atoms with Gasteiger partial charge in [0.15, 0.2) is 0 Å². The van der Waals surface area contributed by atoms with Crippen LogP contribution < -0.4 is 4.72 Å². The Bertz CT molecular complexity index is 988. The zero-order valence-electron chi connectivity index (χ0n) is 15.8. The van der Waals surface area contributed by atoms with Gasteiger partial charge in [0.05, 0.1) is 17.1 Å². The first-order valence-electron chi connectivity index (χ1n) is 8.81. The van der Waals surface area contributed by atoms with E-state index in [-0.39, 0.29) is 16.9 Å². The van der Waals surface area contributed by atoms with Gasteiger partial charge in [-0.2, -0.15) is 5.10 Å². The molecule has 1 N–H and O–H groups in total. The van der Waals surface area contributed by atoms with E-state index < -0.39 is 10.0 Å². The van der Waals surface area contributed by atoms with E-state index >= 15 is 0 Å². The Hall–Kier alpha value is -2.51. The van der Waals surface area contributed by atoms with Crippen LogP contribution in [-0.4, -0.2) is 29.7 Å². The van der Waals surface area contributed by atoms with E-state index in [1.807, 2.05) is 42.6 Å². The normalized spacial score (nSPS) is 12.3. The van der Waals surface area contributed by atoms with Crippen LogP contribution >= 0.6 is 0 Å². The zero-order chi connectivity index (χ0) is 19.5. The summed E-state index contributed by atoms with van der Waals surface area (Å²) in [6, 6.07) is 14.5. The van der Waals surface area contributed by atoms with Gasteiger partial charge in [-0.3, -0.25) is 9.67 Å². The summed E-state index contributed by atoms with van der Waals surface area (Å²) >= 11 is 0. The number of nitrogens with zero attached hydrogens (tertiary/aromatic N) is 3. The quantitative estimate of drug-likeness (QED) is 0.708. The van der Waals surface area contributed by atoms with Gasteiger partial charge in [-0.1, -0.05) is 39.0 Å². The number of hydrogen-bond acceptors (Lipinski definition) is 4. The molecule has 6 nitrogen and oxygen atoms in total. The highest BCUT2D eigenvalue weighted by Crippen LogP contribution is 2.23. The third kappa shape index (κ3) is 4.81. The summed E-state index contributed by atoms with van der Waals surface area (Å²) < 4.78 is 29.2. The molecule has 0 aliphatic rings. The molecule has 0 aliphatic heterocycles. The molecular formula is C20H24N4O2S. The summed E-state index contributed by atoms with van der Waals surface area (Å²) in [7, 11) is -3.54. The molecule has 27 heavy (non-hydrogen) atoms. The van der Waals surface area contributed by atoms with Crippen molar-refractivity contribution in [2.24, 2.45) is 0 Å². The monoisotopic (exact) mass is 384 g/mol. The largest absolute Gasteiger partial charge is 0.271 e. The first-order valence-corrected chi connectivity index (χ1v) is 10.3. The molecule has 3 rings (SSSR count). The van der Waals surface area contributed by atoms with E-state index in [0.29, 0.717) is 6.54 Å². The summed E-state index contributed by atoms with van der Waals surface area (Å²) in [5.74, 6) is 0. The van der Waals surface area contributed by atoms with Gasteiger partial charge < -0.3 is 0 Å². The molecule has 3 aromatic rings. The van der Waals surface area contributed by atoms with Crippen LogP contribution in [0.15, 0.2) is 65.8 Å². The molecule has 0 saturated heterocycles. The Balaban J connectivity index is 1.60. The molecule has 0 atom stereocenters. The highest BCUT2D eigenvalue weighted by atomic mass is 32.2. The third-order valence-corrected chi connectivity index (χ3v) is 5.71. The summed E-state index contributed by atoms with van der Waals surface area (Å²) in [6.45, 7) is 6.98. The maximum Gasteiger partial charge on any atom is 0.240 e. The smallest absolute Gasteiger partial charge is 0.240 e. The molecule has 0 fully saturated rings. The fourth-order valence-electron chi connectivity index (χ4n) is 2.65. The predicted molar refractivity (Wildman–Crippen MR) is 106 cm³/mol. The average molecular weight is 385 g/mol. The number of hydrogen-bond donors (Lipinski definition) is 1. The number of rotatable bonds is 6. The fraction of sp³-hybridized carbons (Fsp3) is 0.300. The average Bonchev–Trinajstić information content (AvgIpc) is 3.11. The van der Waals surface area contributed by atoms with Crippen molar-refractivity contribution in [2.75, 3.05) is 6.54 Å². The zero-order valence-corrected chi connectivity index (χ0v) is 16.6. The van der Waals surface area contributed by atoms with Gasteiger partial charge in [-0.05, 0) is 41.3 Å². The van der Waals surface area contributed by atoms with Crippen molar-refractivity contribution in [2.45, 2.75) is 37.6 Å².